The second-order valence-electron chi connectivity index (χ2n) is 10.1. The Morgan fingerprint density at radius 3 is 2.51 bits per heavy atom. The van der Waals surface area contributed by atoms with Crippen LogP contribution in [0.2, 0.25) is 10.0 Å². The van der Waals surface area contributed by atoms with Gasteiger partial charge in [-0.25, -0.2) is 0 Å². The minimum atomic E-state index is -1.14. The van der Waals surface area contributed by atoms with Crippen molar-refractivity contribution in [2.45, 2.75) is 75.7 Å². The summed E-state index contributed by atoms with van der Waals surface area (Å²) >= 11 is 12.2. The first-order chi connectivity index (χ1) is 16.8. The Hall–Kier alpha value is -2.09. The second kappa shape index (κ2) is 9.75. The van der Waals surface area contributed by atoms with Gasteiger partial charge in [-0.15, -0.1) is 0 Å². The van der Waals surface area contributed by atoms with Gasteiger partial charge in [-0.3, -0.25) is 14.4 Å². The maximum Gasteiger partial charge on any atom is 0.246 e. The highest BCUT2D eigenvalue weighted by atomic mass is 35.5. The molecule has 9 heteroatoms. The first kappa shape index (κ1) is 24.6. The molecule has 1 spiro atoms. The summed E-state index contributed by atoms with van der Waals surface area (Å²) in [5.74, 6) is -2.23. The van der Waals surface area contributed by atoms with Crippen LogP contribution in [0, 0.1) is 11.8 Å². The molecule has 1 saturated carbocycles. The lowest BCUT2D eigenvalue weighted by atomic mass is 9.74. The molecular formula is C26H31Cl2N3O4. The van der Waals surface area contributed by atoms with Crippen molar-refractivity contribution in [3.63, 3.8) is 0 Å². The number of amides is 3. The van der Waals surface area contributed by atoms with Gasteiger partial charge in [0.05, 0.1) is 17.9 Å². The third kappa shape index (κ3) is 4.36. The van der Waals surface area contributed by atoms with Gasteiger partial charge in [-0.2, -0.15) is 0 Å². The molecule has 5 rings (SSSR count). The molecule has 0 radical (unpaired) electrons. The van der Waals surface area contributed by atoms with Crippen molar-refractivity contribution in [3.05, 3.63) is 40.4 Å². The fourth-order valence-corrected chi connectivity index (χ4v) is 6.74. The number of halogens is 2. The topological polar surface area (TPSA) is 87.7 Å². The zero-order valence-corrected chi connectivity index (χ0v) is 21.3. The molecule has 1 aromatic carbocycles. The minimum Gasteiger partial charge on any atom is -0.359 e. The number of ether oxygens (including phenoxy) is 1. The molecule has 0 unspecified atom stereocenters. The molecule has 7 nitrogen and oxygen atoms in total. The van der Waals surface area contributed by atoms with Crippen LogP contribution in [0.15, 0.2) is 30.4 Å². The lowest BCUT2D eigenvalue weighted by molar-refractivity contribution is -0.141. The van der Waals surface area contributed by atoms with Gasteiger partial charge in [0.1, 0.15) is 11.6 Å². The van der Waals surface area contributed by atoms with E-state index in [0.29, 0.717) is 22.3 Å². The number of hydrogen-bond donors (Lipinski definition) is 2. The molecule has 3 heterocycles. The highest BCUT2D eigenvalue weighted by molar-refractivity contribution is 6.35. The number of fused-ring (bicyclic) bond motifs is 1. The number of anilines is 1. The van der Waals surface area contributed by atoms with Crippen molar-refractivity contribution in [2.75, 3.05) is 11.9 Å². The molecular weight excluding hydrogens is 489 g/mol. The molecule has 2 bridgehead atoms. The summed E-state index contributed by atoms with van der Waals surface area (Å²) in [5, 5.41) is 6.85. The third-order valence-electron chi connectivity index (χ3n) is 7.76. The predicted octanol–water partition coefficient (Wildman–Crippen LogP) is 4.33. The Bertz CT molecular complexity index is 1040. The van der Waals surface area contributed by atoms with Gasteiger partial charge < -0.3 is 20.3 Å². The zero-order chi connectivity index (χ0) is 24.7. The predicted molar refractivity (Wildman–Crippen MR) is 134 cm³/mol. The van der Waals surface area contributed by atoms with E-state index in [0.717, 1.165) is 38.5 Å². The molecule has 3 aliphatic heterocycles. The van der Waals surface area contributed by atoms with Crippen molar-refractivity contribution >= 4 is 46.6 Å². The maximum absolute atomic E-state index is 13.8. The number of rotatable bonds is 7. The molecule has 4 aliphatic rings. The van der Waals surface area contributed by atoms with E-state index in [1.807, 2.05) is 19.1 Å². The van der Waals surface area contributed by atoms with Crippen LogP contribution in [0.5, 0.6) is 0 Å². The van der Waals surface area contributed by atoms with Gasteiger partial charge in [0.25, 0.3) is 0 Å². The van der Waals surface area contributed by atoms with Crippen molar-refractivity contribution in [2.24, 2.45) is 11.8 Å². The molecule has 188 valence electrons. The van der Waals surface area contributed by atoms with Crippen molar-refractivity contribution in [1.29, 1.82) is 0 Å². The number of carbonyl (C=O) groups is 3. The summed E-state index contributed by atoms with van der Waals surface area (Å²) in [6, 6.07) is 4.13. The fourth-order valence-electron chi connectivity index (χ4n) is 6.21. The number of nitrogens with one attached hydrogen (secondary N) is 2. The highest BCUT2D eigenvalue weighted by Crippen LogP contribution is 2.55. The Balaban J connectivity index is 1.43. The van der Waals surface area contributed by atoms with Crippen LogP contribution in [0.3, 0.4) is 0 Å². The Morgan fingerprint density at radius 2 is 1.83 bits per heavy atom. The van der Waals surface area contributed by atoms with E-state index in [2.05, 4.69) is 10.6 Å². The monoisotopic (exact) mass is 519 g/mol. The van der Waals surface area contributed by atoms with Crippen molar-refractivity contribution < 1.29 is 19.1 Å². The average molecular weight is 520 g/mol. The Morgan fingerprint density at radius 1 is 1.11 bits per heavy atom. The SMILES string of the molecule is CCCCN1C(=O)[C@@H]2[C@@H](C(=O)Nc3cc(Cl)cc(Cl)c3)[C@@H]3C=C[C@@]2(O3)[C@@H]1C(=O)NC1CCCCC1. The second-order valence-corrected chi connectivity index (χ2v) is 11.0. The number of likely N-dealkylation sites (tertiary alicyclic amines) is 1. The smallest absolute Gasteiger partial charge is 0.246 e. The summed E-state index contributed by atoms with van der Waals surface area (Å²) < 4.78 is 6.36. The summed E-state index contributed by atoms with van der Waals surface area (Å²) in [4.78, 5) is 42.5. The standard InChI is InChI=1S/C26H31Cl2N3O4/c1-2-3-11-31-22(24(33)29-17-7-5-4-6-8-17)26-10-9-19(35-26)20(21(26)25(31)34)23(32)30-18-13-15(27)12-16(28)14-18/h9-10,12-14,17,19-22H,2-8,11H2,1H3,(H,29,33)(H,30,32)/t19-,20-,21-,22-,26-/m0/s1. The molecule has 1 aliphatic carbocycles. The van der Waals surface area contributed by atoms with E-state index in [-0.39, 0.29) is 23.8 Å². The molecule has 0 aromatic heterocycles. The Labute approximate surface area is 215 Å². The van der Waals surface area contributed by atoms with Crippen LogP contribution in [-0.4, -0.2) is 53.0 Å². The van der Waals surface area contributed by atoms with Crippen LogP contribution in [0.4, 0.5) is 5.69 Å². The number of carbonyl (C=O) groups excluding carboxylic acids is 3. The first-order valence-corrected chi connectivity index (χ1v) is 13.3. The third-order valence-corrected chi connectivity index (χ3v) is 8.20. The fraction of sp³-hybridized carbons (Fsp3) is 0.577. The van der Waals surface area contributed by atoms with Gasteiger partial charge in [-0.1, -0.05) is 68.0 Å². The quantitative estimate of drug-likeness (QED) is 0.524. The van der Waals surface area contributed by atoms with Gasteiger partial charge in [0.15, 0.2) is 0 Å². The summed E-state index contributed by atoms with van der Waals surface area (Å²) in [5.41, 5.74) is -0.685. The molecule has 35 heavy (non-hydrogen) atoms. The molecule has 2 saturated heterocycles. The molecule has 5 atom stereocenters. The van der Waals surface area contributed by atoms with E-state index >= 15 is 0 Å². The molecule has 3 amide bonds. The van der Waals surface area contributed by atoms with E-state index in [9.17, 15) is 14.4 Å². The van der Waals surface area contributed by atoms with E-state index < -0.39 is 29.6 Å². The lowest BCUT2D eigenvalue weighted by Crippen LogP contribution is -2.56. The number of unbranched alkanes of at least 4 members (excludes halogenated alkanes) is 1. The first-order valence-electron chi connectivity index (χ1n) is 12.6. The van der Waals surface area contributed by atoms with Gasteiger partial charge >= 0.3 is 0 Å². The van der Waals surface area contributed by atoms with Gasteiger partial charge in [0, 0.05) is 28.3 Å². The van der Waals surface area contributed by atoms with Crippen LogP contribution < -0.4 is 10.6 Å². The van der Waals surface area contributed by atoms with E-state index in [1.165, 1.54) is 6.42 Å². The lowest BCUT2D eigenvalue weighted by Gasteiger charge is -2.34. The average Bonchev–Trinajstić information content (AvgIpc) is 3.45. The van der Waals surface area contributed by atoms with Crippen LogP contribution in [0.1, 0.15) is 51.9 Å². The number of nitrogens with zero attached hydrogens (tertiary/aromatic N) is 1. The number of benzene rings is 1. The van der Waals surface area contributed by atoms with Crippen LogP contribution >= 0.6 is 23.2 Å². The van der Waals surface area contributed by atoms with Crippen LogP contribution in [-0.2, 0) is 19.1 Å². The van der Waals surface area contributed by atoms with Crippen LogP contribution in [0.25, 0.3) is 0 Å². The molecule has 1 aromatic rings. The zero-order valence-electron chi connectivity index (χ0n) is 19.8. The maximum atomic E-state index is 13.8. The molecule has 3 fully saturated rings. The highest BCUT2D eigenvalue weighted by Gasteiger charge is 2.72. The summed E-state index contributed by atoms with van der Waals surface area (Å²) in [6.07, 6.45) is 10.0. The van der Waals surface area contributed by atoms with Crippen molar-refractivity contribution in [3.8, 4) is 0 Å². The van der Waals surface area contributed by atoms with Crippen molar-refractivity contribution in [1.82, 2.24) is 10.2 Å². The normalized spacial score (nSPS) is 31.6. The summed E-state index contributed by atoms with van der Waals surface area (Å²) in [6.45, 7) is 2.50. The van der Waals surface area contributed by atoms with Gasteiger partial charge in [-0.05, 0) is 37.5 Å². The van der Waals surface area contributed by atoms with E-state index in [4.69, 9.17) is 27.9 Å². The Kier molecular flexibility index (Phi) is 6.85. The largest absolute Gasteiger partial charge is 0.359 e. The summed E-state index contributed by atoms with van der Waals surface area (Å²) in [7, 11) is 0. The van der Waals surface area contributed by atoms with E-state index in [1.54, 1.807) is 23.1 Å². The number of hydrogen-bond acceptors (Lipinski definition) is 4. The van der Waals surface area contributed by atoms with Gasteiger partial charge in [0.2, 0.25) is 17.7 Å². The minimum absolute atomic E-state index is 0.115. The molecule has 2 N–H and O–H groups in total.